The third-order valence-electron chi connectivity index (χ3n) is 3.41. The topological polar surface area (TPSA) is 71.7 Å². The van der Waals surface area contributed by atoms with Crippen molar-refractivity contribution in [3.05, 3.63) is 47.3 Å². The number of aryl methyl sites for hydroxylation is 1. The Morgan fingerprint density at radius 2 is 2.12 bits per heavy atom. The van der Waals surface area contributed by atoms with Crippen LogP contribution in [0.2, 0.25) is 0 Å². The fourth-order valence-corrected chi connectivity index (χ4v) is 2.17. The van der Waals surface area contributed by atoms with E-state index in [1.807, 2.05) is 19.9 Å². The largest absolute Gasteiger partial charge is 0.496 e. The molecule has 0 atom stereocenters. The molecule has 0 aliphatic rings. The molecule has 0 saturated carbocycles. The average Bonchev–Trinajstić information content (AvgIpc) is 3.07. The smallest absolute Gasteiger partial charge is 0.191 e. The molecule has 1 heterocycles. The van der Waals surface area contributed by atoms with Gasteiger partial charge < -0.3 is 19.9 Å². The number of nitrogens with one attached hydrogen (secondary N) is 2. The van der Waals surface area contributed by atoms with Gasteiger partial charge in [0.2, 0.25) is 0 Å². The van der Waals surface area contributed by atoms with Crippen LogP contribution in [0.1, 0.15) is 23.7 Å². The quantitative estimate of drug-likeness (QED) is 0.391. The maximum Gasteiger partial charge on any atom is 0.191 e. The van der Waals surface area contributed by atoms with Gasteiger partial charge in [0.1, 0.15) is 17.7 Å². The summed E-state index contributed by atoms with van der Waals surface area (Å²) in [5.74, 6) is 1.70. The number of rotatable bonds is 7. The summed E-state index contributed by atoms with van der Waals surface area (Å²) in [5, 5.41) is 10.4. The molecule has 2 aromatic rings. The summed E-state index contributed by atoms with van der Waals surface area (Å²) in [6.07, 6.45) is 2.45. The van der Waals surface area contributed by atoms with Crippen molar-refractivity contribution in [2.75, 3.05) is 20.2 Å². The first-order valence-corrected chi connectivity index (χ1v) is 7.78. The number of guanidine groups is 1. The zero-order chi connectivity index (χ0) is 16.5. The van der Waals surface area contributed by atoms with Gasteiger partial charge >= 0.3 is 0 Å². The fraction of sp³-hybridized carbons (Fsp3) is 0.412. The van der Waals surface area contributed by atoms with Crippen LogP contribution in [0.3, 0.4) is 0 Å². The first-order chi connectivity index (χ1) is 11.2. The van der Waals surface area contributed by atoms with E-state index in [-0.39, 0.29) is 24.0 Å². The Morgan fingerprint density at radius 3 is 2.79 bits per heavy atom. The summed E-state index contributed by atoms with van der Waals surface area (Å²) in [6.45, 7) is 6.17. The molecule has 0 amide bonds. The second-order valence-corrected chi connectivity index (χ2v) is 5.17. The zero-order valence-corrected chi connectivity index (χ0v) is 16.7. The number of methoxy groups -OCH3 is 1. The van der Waals surface area contributed by atoms with Crippen LogP contribution in [-0.2, 0) is 13.0 Å². The summed E-state index contributed by atoms with van der Waals surface area (Å²) in [5.41, 5.74) is 3.18. The highest BCUT2D eigenvalue weighted by Crippen LogP contribution is 2.18. The van der Waals surface area contributed by atoms with Crippen LogP contribution < -0.4 is 15.4 Å². The van der Waals surface area contributed by atoms with Crippen molar-refractivity contribution in [3.8, 4) is 5.75 Å². The summed E-state index contributed by atoms with van der Waals surface area (Å²) in [4.78, 5) is 4.48. The maximum absolute atomic E-state index is 5.36. The van der Waals surface area contributed by atoms with Gasteiger partial charge in [-0.2, -0.15) is 0 Å². The maximum atomic E-state index is 5.36. The summed E-state index contributed by atoms with van der Waals surface area (Å²) < 4.78 is 10.2. The summed E-state index contributed by atoms with van der Waals surface area (Å²) in [7, 11) is 1.70. The molecule has 7 heteroatoms. The minimum Gasteiger partial charge on any atom is -0.496 e. The number of hydrogen-bond acceptors (Lipinski definition) is 4. The van der Waals surface area contributed by atoms with Gasteiger partial charge in [-0.1, -0.05) is 17.3 Å². The molecule has 2 N–H and O–H groups in total. The number of aromatic nitrogens is 1. The van der Waals surface area contributed by atoms with Gasteiger partial charge in [0, 0.05) is 19.2 Å². The Balaban J connectivity index is 0.00000288. The molecule has 24 heavy (non-hydrogen) atoms. The Labute approximate surface area is 160 Å². The Morgan fingerprint density at radius 1 is 1.29 bits per heavy atom. The van der Waals surface area contributed by atoms with Gasteiger partial charge in [0.05, 0.1) is 13.7 Å². The highest BCUT2D eigenvalue weighted by atomic mass is 127. The lowest BCUT2D eigenvalue weighted by molar-refractivity contribution is 0.411. The first-order valence-electron chi connectivity index (χ1n) is 7.78. The molecule has 0 spiro atoms. The van der Waals surface area contributed by atoms with Gasteiger partial charge in [-0.15, -0.1) is 24.0 Å². The first kappa shape index (κ1) is 20.3. The highest BCUT2D eigenvalue weighted by Gasteiger charge is 2.02. The third-order valence-corrected chi connectivity index (χ3v) is 3.41. The molecule has 0 aliphatic heterocycles. The highest BCUT2D eigenvalue weighted by molar-refractivity contribution is 14.0. The minimum absolute atomic E-state index is 0. The lowest BCUT2D eigenvalue weighted by Gasteiger charge is -2.12. The van der Waals surface area contributed by atoms with Crippen molar-refractivity contribution in [1.29, 1.82) is 0 Å². The number of hydrogen-bond donors (Lipinski definition) is 2. The second-order valence-electron chi connectivity index (χ2n) is 5.17. The molecule has 1 aromatic heterocycles. The molecule has 132 valence electrons. The number of benzene rings is 1. The molecular weight excluding hydrogens is 419 g/mol. The molecule has 0 bridgehead atoms. The average molecular weight is 444 g/mol. The lowest BCUT2D eigenvalue weighted by atomic mass is 10.1. The van der Waals surface area contributed by atoms with E-state index < -0.39 is 0 Å². The molecule has 0 fully saturated rings. The van der Waals surface area contributed by atoms with Crippen molar-refractivity contribution < 1.29 is 9.26 Å². The number of aliphatic imine (C=N–C) groups is 1. The van der Waals surface area contributed by atoms with Crippen LogP contribution in [0.25, 0.3) is 0 Å². The minimum atomic E-state index is 0. The molecular formula is C17H25IN4O2. The summed E-state index contributed by atoms with van der Waals surface area (Å²) >= 11 is 0. The van der Waals surface area contributed by atoms with Crippen molar-refractivity contribution in [2.24, 2.45) is 4.99 Å². The van der Waals surface area contributed by atoms with Gasteiger partial charge in [-0.05, 0) is 37.5 Å². The fourth-order valence-electron chi connectivity index (χ4n) is 2.17. The van der Waals surface area contributed by atoms with Crippen LogP contribution in [0.15, 0.2) is 40.0 Å². The van der Waals surface area contributed by atoms with Crippen molar-refractivity contribution in [2.45, 2.75) is 26.8 Å². The van der Waals surface area contributed by atoms with E-state index in [1.54, 1.807) is 13.4 Å². The molecule has 2 rings (SSSR count). The van der Waals surface area contributed by atoms with Gasteiger partial charge in [-0.25, -0.2) is 4.99 Å². The predicted octanol–water partition coefficient (Wildman–Crippen LogP) is 2.91. The van der Waals surface area contributed by atoms with E-state index in [1.165, 1.54) is 5.56 Å². The molecule has 0 unspecified atom stereocenters. The second kappa shape index (κ2) is 10.9. The Kier molecular flexibility index (Phi) is 9.21. The molecule has 1 aromatic carbocycles. The van der Waals surface area contributed by atoms with Gasteiger partial charge in [-0.3, -0.25) is 0 Å². The van der Waals surface area contributed by atoms with Gasteiger partial charge in [0.25, 0.3) is 0 Å². The monoisotopic (exact) mass is 444 g/mol. The predicted molar refractivity (Wildman–Crippen MR) is 106 cm³/mol. The lowest BCUT2D eigenvalue weighted by Crippen LogP contribution is -2.38. The molecule has 0 aliphatic carbocycles. The number of nitrogens with zero attached hydrogens (tertiary/aromatic N) is 2. The van der Waals surface area contributed by atoms with Crippen LogP contribution in [0.4, 0.5) is 0 Å². The van der Waals surface area contributed by atoms with E-state index >= 15 is 0 Å². The normalized spacial score (nSPS) is 10.9. The molecule has 6 nitrogen and oxygen atoms in total. The zero-order valence-electron chi connectivity index (χ0n) is 14.3. The molecule has 0 saturated heterocycles. The SMILES string of the molecule is CCNC(=NCc1ccon1)NCCc1ccc(C)c(OC)c1.I. The van der Waals surface area contributed by atoms with Crippen molar-refractivity contribution in [1.82, 2.24) is 15.8 Å². The van der Waals surface area contributed by atoms with Crippen molar-refractivity contribution in [3.63, 3.8) is 0 Å². The Hall–Kier alpha value is -1.77. The van der Waals surface area contributed by atoms with Crippen LogP contribution in [-0.4, -0.2) is 31.3 Å². The van der Waals surface area contributed by atoms with Crippen LogP contribution in [0.5, 0.6) is 5.75 Å². The number of halogens is 1. The number of ether oxygens (including phenoxy) is 1. The van der Waals surface area contributed by atoms with Crippen molar-refractivity contribution >= 4 is 29.9 Å². The molecule has 0 radical (unpaired) electrons. The van der Waals surface area contributed by atoms with E-state index in [0.29, 0.717) is 6.54 Å². The van der Waals surface area contributed by atoms with E-state index in [9.17, 15) is 0 Å². The van der Waals surface area contributed by atoms with Crippen LogP contribution >= 0.6 is 24.0 Å². The standard InChI is InChI=1S/C17H24N4O2.HI/c1-4-18-17(20-12-15-8-10-23-21-15)19-9-7-14-6-5-13(2)16(11-14)22-3;/h5-6,8,10-11H,4,7,9,12H2,1-3H3,(H2,18,19,20);1H. The third kappa shape index (κ3) is 6.38. The summed E-state index contributed by atoms with van der Waals surface area (Å²) in [6, 6.07) is 8.10. The van der Waals surface area contributed by atoms with E-state index in [2.05, 4.69) is 39.0 Å². The Bertz CT molecular complexity index is 630. The van der Waals surface area contributed by atoms with Crippen LogP contribution in [0, 0.1) is 6.92 Å². The van der Waals surface area contributed by atoms with E-state index in [0.717, 1.165) is 42.5 Å². The van der Waals surface area contributed by atoms with Gasteiger partial charge in [0.15, 0.2) is 5.96 Å². The van der Waals surface area contributed by atoms with E-state index in [4.69, 9.17) is 9.26 Å².